The van der Waals surface area contributed by atoms with Crippen LogP contribution in [0.25, 0.3) is 6.08 Å². The Balaban J connectivity index is 1.62. The smallest absolute Gasteiger partial charge is 0.363 e. The maximum Gasteiger partial charge on any atom is 0.363 e. The summed E-state index contributed by atoms with van der Waals surface area (Å²) < 4.78 is 13.5. The molecule has 0 saturated heterocycles. The Kier molecular flexibility index (Phi) is 6.74. The minimum atomic E-state index is -0.521. The molecule has 0 aromatic heterocycles. The van der Waals surface area contributed by atoms with Crippen molar-refractivity contribution in [3.05, 3.63) is 101 Å². The van der Waals surface area contributed by atoms with E-state index in [1.165, 1.54) is 0 Å². The second-order valence-electron chi connectivity index (χ2n) is 6.38. The molecule has 0 N–H and O–H groups in total. The summed E-state index contributed by atoms with van der Waals surface area (Å²) in [6, 6.07) is 21.0. The van der Waals surface area contributed by atoms with Gasteiger partial charge in [-0.3, -0.25) is 0 Å². The molecule has 3 aromatic rings. The van der Waals surface area contributed by atoms with E-state index >= 15 is 0 Å². The number of cyclic esters (lactones) is 1. The van der Waals surface area contributed by atoms with Crippen LogP contribution in [-0.4, -0.2) is 11.9 Å². The van der Waals surface area contributed by atoms with Gasteiger partial charge in [-0.05, 0) is 81.6 Å². The van der Waals surface area contributed by atoms with Crippen molar-refractivity contribution in [1.29, 1.82) is 0 Å². The molecular formula is C23H14ClI2NO3. The Bertz CT molecular complexity index is 1190. The quantitative estimate of drug-likeness (QED) is 0.182. The molecular weight excluding hydrogens is 628 g/mol. The number of carbonyl (C=O) groups is 1. The average Bonchev–Trinajstić information content (AvgIpc) is 3.10. The summed E-state index contributed by atoms with van der Waals surface area (Å²) in [5.74, 6) is 0.340. The van der Waals surface area contributed by atoms with Gasteiger partial charge in [0.2, 0.25) is 5.90 Å². The van der Waals surface area contributed by atoms with E-state index in [0.717, 1.165) is 18.3 Å². The van der Waals surface area contributed by atoms with E-state index in [1.54, 1.807) is 12.1 Å². The van der Waals surface area contributed by atoms with Gasteiger partial charge in [-0.2, -0.15) is 0 Å². The highest BCUT2D eigenvalue weighted by Gasteiger charge is 2.26. The molecule has 3 aromatic carbocycles. The minimum absolute atomic E-state index is 0.199. The van der Waals surface area contributed by atoms with Crippen LogP contribution in [0, 0.1) is 7.14 Å². The van der Waals surface area contributed by atoms with E-state index in [-0.39, 0.29) is 11.6 Å². The monoisotopic (exact) mass is 641 g/mol. The van der Waals surface area contributed by atoms with E-state index in [1.807, 2.05) is 60.7 Å². The zero-order chi connectivity index (χ0) is 21.1. The number of hydrogen-bond acceptors (Lipinski definition) is 4. The van der Waals surface area contributed by atoms with Gasteiger partial charge in [0, 0.05) is 18.3 Å². The number of esters is 1. The lowest BCUT2D eigenvalue weighted by atomic mass is 10.1. The van der Waals surface area contributed by atoms with Gasteiger partial charge in [0.25, 0.3) is 0 Å². The summed E-state index contributed by atoms with van der Waals surface area (Å²) in [4.78, 5) is 16.8. The summed E-state index contributed by atoms with van der Waals surface area (Å²) in [5.41, 5.74) is 2.62. The largest absolute Gasteiger partial charge is 0.488 e. The van der Waals surface area contributed by atoms with Crippen LogP contribution in [0.15, 0.2) is 77.4 Å². The third kappa shape index (κ3) is 4.87. The van der Waals surface area contributed by atoms with Crippen LogP contribution in [0.2, 0.25) is 5.02 Å². The van der Waals surface area contributed by atoms with Gasteiger partial charge in [0.15, 0.2) is 5.70 Å². The predicted molar refractivity (Wildman–Crippen MR) is 135 cm³/mol. The van der Waals surface area contributed by atoms with Gasteiger partial charge < -0.3 is 9.47 Å². The van der Waals surface area contributed by atoms with Crippen molar-refractivity contribution in [2.24, 2.45) is 4.99 Å². The van der Waals surface area contributed by atoms with E-state index in [0.29, 0.717) is 22.9 Å². The number of hydrogen-bond donors (Lipinski definition) is 0. The van der Waals surface area contributed by atoms with Gasteiger partial charge >= 0.3 is 5.97 Å². The van der Waals surface area contributed by atoms with Gasteiger partial charge in [0.05, 0.1) is 10.6 Å². The number of ether oxygens (including phenoxy) is 2. The van der Waals surface area contributed by atoms with Crippen LogP contribution in [0.4, 0.5) is 0 Å². The molecule has 0 fully saturated rings. The molecule has 4 rings (SSSR count). The topological polar surface area (TPSA) is 47.9 Å². The summed E-state index contributed by atoms with van der Waals surface area (Å²) in [5, 5.41) is 0.476. The first-order valence-electron chi connectivity index (χ1n) is 8.94. The molecule has 0 aliphatic carbocycles. The molecule has 1 heterocycles. The number of rotatable bonds is 5. The molecule has 0 radical (unpaired) electrons. The number of halogens is 3. The van der Waals surface area contributed by atoms with Crippen molar-refractivity contribution >= 4 is 74.7 Å². The maximum atomic E-state index is 12.4. The van der Waals surface area contributed by atoms with Crippen molar-refractivity contribution < 1.29 is 14.3 Å². The Morgan fingerprint density at radius 1 is 1.03 bits per heavy atom. The minimum Gasteiger partial charge on any atom is -0.488 e. The SMILES string of the molecule is O=C1OC(c2cc(I)ccc2Cl)=N/C1=C\c1ccccc1OCc1ccccc1I. The first-order chi connectivity index (χ1) is 14.5. The van der Waals surface area contributed by atoms with Crippen molar-refractivity contribution in [3.8, 4) is 5.75 Å². The zero-order valence-electron chi connectivity index (χ0n) is 15.4. The van der Waals surface area contributed by atoms with Crippen molar-refractivity contribution in [2.75, 3.05) is 0 Å². The number of para-hydroxylation sites is 1. The van der Waals surface area contributed by atoms with Crippen LogP contribution >= 0.6 is 56.8 Å². The molecule has 1 aliphatic rings. The number of nitrogens with zero attached hydrogens (tertiary/aromatic N) is 1. The van der Waals surface area contributed by atoms with E-state index in [2.05, 4.69) is 50.2 Å². The van der Waals surface area contributed by atoms with Crippen molar-refractivity contribution in [3.63, 3.8) is 0 Å². The standard InChI is InChI=1S/C23H14ClI2NO3/c24-18-10-9-16(25)12-17(18)22-27-20(23(28)30-22)11-14-5-2-4-8-21(14)29-13-15-6-1-3-7-19(15)26/h1-12H,13H2/b20-11-. The first-order valence-corrected chi connectivity index (χ1v) is 11.5. The number of benzene rings is 3. The Morgan fingerprint density at radius 2 is 1.80 bits per heavy atom. The second-order valence-corrected chi connectivity index (χ2v) is 9.19. The molecule has 4 nitrogen and oxygen atoms in total. The Hall–Kier alpha value is -1.91. The molecule has 0 spiro atoms. The Morgan fingerprint density at radius 3 is 2.63 bits per heavy atom. The predicted octanol–water partition coefficient (Wildman–Crippen LogP) is 6.47. The third-order valence-electron chi connectivity index (χ3n) is 4.33. The van der Waals surface area contributed by atoms with Gasteiger partial charge in [0.1, 0.15) is 12.4 Å². The fraction of sp³-hybridized carbons (Fsp3) is 0.0435. The van der Waals surface area contributed by atoms with E-state index < -0.39 is 5.97 Å². The molecule has 0 unspecified atom stereocenters. The lowest BCUT2D eigenvalue weighted by Crippen LogP contribution is -2.06. The van der Waals surface area contributed by atoms with Gasteiger partial charge in [-0.25, -0.2) is 9.79 Å². The van der Waals surface area contributed by atoms with Gasteiger partial charge in [-0.1, -0.05) is 48.0 Å². The summed E-state index contributed by atoms with van der Waals surface area (Å²) in [7, 11) is 0. The average molecular weight is 642 g/mol. The van der Waals surface area contributed by atoms with Crippen LogP contribution in [-0.2, 0) is 16.1 Å². The molecule has 0 bridgehead atoms. The zero-order valence-corrected chi connectivity index (χ0v) is 20.5. The van der Waals surface area contributed by atoms with Gasteiger partial charge in [-0.15, -0.1) is 0 Å². The molecule has 7 heteroatoms. The fourth-order valence-corrected chi connectivity index (χ4v) is 4.07. The highest BCUT2D eigenvalue weighted by Crippen LogP contribution is 2.28. The lowest BCUT2D eigenvalue weighted by molar-refractivity contribution is -0.129. The number of aliphatic imine (C=N–C) groups is 1. The van der Waals surface area contributed by atoms with Crippen LogP contribution in [0.5, 0.6) is 5.75 Å². The molecule has 0 atom stereocenters. The summed E-state index contributed by atoms with van der Waals surface area (Å²) in [6.45, 7) is 0.427. The first kappa shape index (κ1) is 21.3. The normalized spacial score (nSPS) is 14.6. The number of carbonyl (C=O) groups excluding carboxylic acids is 1. The maximum absolute atomic E-state index is 12.4. The van der Waals surface area contributed by atoms with Crippen molar-refractivity contribution in [1.82, 2.24) is 0 Å². The highest BCUT2D eigenvalue weighted by molar-refractivity contribution is 14.1. The van der Waals surface area contributed by atoms with Crippen molar-refractivity contribution in [2.45, 2.75) is 6.61 Å². The third-order valence-corrected chi connectivity index (χ3v) is 6.38. The van der Waals surface area contributed by atoms with Crippen LogP contribution in [0.1, 0.15) is 16.7 Å². The molecule has 0 amide bonds. The Labute approximate surface area is 206 Å². The fourth-order valence-electron chi connectivity index (χ4n) is 2.84. The molecule has 30 heavy (non-hydrogen) atoms. The summed E-state index contributed by atoms with van der Waals surface area (Å²) >= 11 is 10.7. The van der Waals surface area contributed by atoms with E-state index in [9.17, 15) is 4.79 Å². The molecule has 150 valence electrons. The van der Waals surface area contributed by atoms with E-state index in [4.69, 9.17) is 21.1 Å². The summed E-state index contributed by atoms with van der Waals surface area (Å²) in [6.07, 6.45) is 1.67. The van der Waals surface area contributed by atoms with Crippen LogP contribution in [0.3, 0.4) is 0 Å². The lowest BCUT2D eigenvalue weighted by Gasteiger charge is -2.10. The highest BCUT2D eigenvalue weighted by atomic mass is 127. The second kappa shape index (κ2) is 9.49. The molecule has 1 aliphatic heterocycles. The van der Waals surface area contributed by atoms with Crippen LogP contribution < -0.4 is 4.74 Å². The molecule has 0 saturated carbocycles.